The van der Waals surface area contributed by atoms with Gasteiger partial charge in [-0.05, 0) is 80.4 Å². The Labute approximate surface area is 182 Å². The highest BCUT2D eigenvalue weighted by Crippen LogP contribution is 2.62. The van der Waals surface area contributed by atoms with E-state index in [1.165, 1.54) is 24.8 Å². The van der Waals surface area contributed by atoms with Gasteiger partial charge in [0.25, 0.3) is 0 Å². The van der Waals surface area contributed by atoms with Crippen LogP contribution in [0.5, 0.6) is 0 Å². The van der Waals surface area contributed by atoms with E-state index in [1.54, 1.807) is 12.1 Å². The molecule has 4 aliphatic carbocycles. The van der Waals surface area contributed by atoms with Crippen LogP contribution in [0.2, 0.25) is 0 Å². The van der Waals surface area contributed by atoms with Gasteiger partial charge in [-0.2, -0.15) is 0 Å². The lowest BCUT2D eigenvalue weighted by molar-refractivity contribution is -0.129. The van der Waals surface area contributed by atoms with Crippen molar-refractivity contribution in [2.45, 2.75) is 69.5 Å². The fourth-order valence-electron chi connectivity index (χ4n) is 7.58. The maximum atomic E-state index is 13.6. The second kappa shape index (κ2) is 6.86. The minimum absolute atomic E-state index is 0.0874. The molecule has 31 heavy (non-hydrogen) atoms. The number of amides is 1. The average molecular weight is 424 g/mol. The number of rotatable bonds is 4. The van der Waals surface area contributed by atoms with Crippen molar-refractivity contribution in [2.75, 3.05) is 13.1 Å². The van der Waals surface area contributed by atoms with Gasteiger partial charge < -0.3 is 9.88 Å². The van der Waals surface area contributed by atoms with Crippen LogP contribution in [0.4, 0.5) is 4.39 Å². The lowest BCUT2D eigenvalue weighted by Crippen LogP contribution is -2.65. The second-order valence-corrected chi connectivity index (χ2v) is 10.6. The van der Waals surface area contributed by atoms with Gasteiger partial charge >= 0.3 is 0 Å². The number of nitrogens with zero attached hydrogens (tertiary/aromatic N) is 4. The number of fused-ring (bicyclic) bond motifs is 1. The van der Waals surface area contributed by atoms with Crippen LogP contribution in [-0.2, 0) is 23.3 Å². The van der Waals surface area contributed by atoms with Crippen molar-refractivity contribution >= 4 is 5.91 Å². The summed E-state index contributed by atoms with van der Waals surface area (Å²) in [4.78, 5) is 15.3. The minimum Gasteiger partial charge on any atom is -0.350 e. The van der Waals surface area contributed by atoms with Gasteiger partial charge in [0.2, 0.25) is 5.91 Å². The normalized spacial score (nSPS) is 34.0. The molecule has 2 aromatic rings. The highest BCUT2D eigenvalue weighted by molar-refractivity contribution is 5.79. The van der Waals surface area contributed by atoms with Crippen molar-refractivity contribution in [2.24, 2.45) is 11.8 Å². The molecule has 4 saturated carbocycles. The molecule has 4 fully saturated rings. The first-order chi connectivity index (χ1) is 14.9. The molecule has 1 aromatic heterocycles. The molecular formula is C24H30FN5O. The fourth-order valence-corrected chi connectivity index (χ4v) is 7.58. The van der Waals surface area contributed by atoms with Crippen LogP contribution in [0.3, 0.4) is 0 Å². The molecule has 0 saturated heterocycles. The van der Waals surface area contributed by atoms with Crippen LogP contribution >= 0.6 is 0 Å². The molecule has 1 amide bonds. The predicted octanol–water partition coefficient (Wildman–Crippen LogP) is 2.95. The summed E-state index contributed by atoms with van der Waals surface area (Å²) < 4.78 is 15.7. The first kappa shape index (κ1) is 19.4. The van der Waals surface area contributed by atoms with Gasteiger partial charge in [-0.1, -0.05) is 12.1 Å². The predicted molar refractivity (Wildman–Crippen MR) is 114 cm³/mol. The van der Waals surface area contributed by atoms with Crippen molar-refractivity contribution in [3.05, 3.63) is 47.3 Å². The van der Waals surface area contributed by atoms with Gasteiger partial charge in [0.15, 0.2) is 0 Å². The van der Waals surface area contributed by atoms with E-state index in [9.17, 15) is 9.18 Å². The summed E-state index contributed by atoms with van der Waals surface area (Å²) in [6.45, 7) is 4.74. The number of hydrogen-bond donors (Lipinski definition) is 1. The van der Waals surface area contributed by atoms with Crippen LogP contribution in [0, 0.1) is 24.6 Å². The number of carbonyl (C=O) groups excluding carboxylic acids is 1. The summed E-state index contributed by atoms with van der Waals surface area (Å²) in [5.41, 5.74) is 1.24. The SMILES string of the molecule is Cc1nnc2n1CCN(CC(=O)NC13C[C@H]4C[C@@H](C1)CC(c1ccc(F)cc1)(C4)C3)C2. The maximum absolute atomic E-state index is 13.6. The lowest BCUT2D eigenvalue weighted by Gasteiger charge is -2.62. The van der Waals surface area contributed by atoms with Crippen molar-refractivity contribution < 1.29 is 9.18 Å². The highest BCUT2D eigenvalue weighted by atomic mass is 19.1. The summed E-state index contributed by atoms with van der Waals surface area (Å²) in [6.07, 6.45) is 6.79. The number of halogens is 1. The van der Waals surface area contributed by atoms with Gasteiger partial charge in [-0.3, -0.25) is 9.69 Å². The Balaban J connectivity index is 1.18. The molecule has 1 aromatic carbocycles. The van der Waals surface area contributed by atoms with Crippen molar-refractivity contribution in [1.82, 2.24) is 25.0 Å². The largest absolute Gasteiger partial charge is 0.350 e. The molecule has 4 atom stereocenters. The number of aryl methyl sites for hydroxylation is 1. The monoisotopic (exact) mass is 423 g/mol. The van der Waals surface area contributed by atoms with E-state index in [-0.39, 0.29) is 22.7 Å². The zero-order valence-corrected chi connectivity index (χ0v) is 18.1. The number of benzene rings is 1. The first-order valence-corrected chi connectivity index (χ1v) is 11.6. The average Bonchev–Trinajstić information content (AvgIpc) is 3.07. The van der Waals surface area contributed by atoms with E-state index in [4.69, 9.17) is 0 Å². The molecule has 5 aliphatic rings. The summed E-state index contributed by atoms with van der Waals surface area (Å²) in [5, 5.41) is 11.9. The zero-order chi connectivity index (χ0) is 21.2. The number of nitrogens with one attached hydrogen (secondary N) is 1. The summed E-state index contributed by atoms with van der Waals surface area (Å²) in [6, 6.07) is 7.14. The Hall–Kier alpha value is -2.28. The highest BCUT2D eigenvalue weighted by Gasteiger charge is 2.58. The third kappa shape index (κ3) is 3.28. The van der Waals surface area contributed by atoms with Gasteiger partial charge in [-0.25, -0.2) is 4.39 Å². The van der Waals surface area contributed by atoms with E-state index in [2.05, 4.69) is 25.0 Å². The molecule has 2 heterocycles. The molecule has 7 heteroatoms. The smallest absolute Gasteiger partial charge is 0.234 e. The Morgan fingerprint density at radius 1 is 1.13 bits per heavy atom. The van der Waals surface area contributed by atoms with Crippen LogP contribution in [-0.4, -0.2) is 44.2 Å². The lowest BCUT2D eigenvalue weighted by atomic mass is 9.45. The summed E-state index contributed by atoms with van der Waals surface area (Å²) in [5.74, 6) is 3.15. The van der Waals surface area contributed by atoms with E-state index in [0.717, 1.165) is 44.0 Å². The van der Waals surface area contributed by atoms with Crippen LogP contribution < -0.4 is 5.32 Å². The van der Waals surface area contributed by atoms with Crippen molar-refractivity contribution in [3.8, 4) is 0 Å². The first-order valence-electron chi connectivity index (χ1n) is 11.6. The molecule has 6 nitrogen and oxygen atoms in total. The van der Waals surface area contributed by atoms with Crippen LogP contribution in [0.25, 0.3) is 0 Å². The number of hydrogen-bond acceptors (Lipinski definition) is 4. The molecule has 4 bridgehead atoms. The molecule has 2 unspecified atom stereocenters. The minimum atomic E-state index is -0.177. The molecule has 0 radical (unpaired) electrons. The van der Waals surface area contributed by atoms with Gasteiger partial charge in [0, 0.05) is 18.6 Å². The summed E-state index contributed by atoms with van der Waals surface area (Å²) >= 11 is 0. The number of carbonyl (C=O) groups is 1. The molecule has 1 N–H and O–H groups in total. The second-order valence-electron chi connectivity index (χ2n) is 10.6. The topological polar surface area (TPSA) is 63.1 Å². The molecule has 1 aliphatic heterocycles. The van der Waals surface area contributed by atoms with Crippen LogP contribution in [0.15, 0.2) is 24.3 Å². The van der Waals surface area contributed by atoms with E-state index in [0.29, 0.717) is 24.9 Å². The third-order valence-corrected chi connectivity index (χ3v) is 8.31. The Morgan fingerprint density at radius 2 is 1.87 bits per heavy atom. The Kier molecular flexibility index (Phi) is 4.29. The fraction of sp³-hybridized carbons (Fsp3) is 0.625. The van der Waals surface area contributed by atoms with Gasteiger partial charge in [-0.15, -0.1) is 10.2 Å². The van der Waals surface area contributed by atoms with E-state index >= 15 is 0 Å². The Morgan fingerprint density at radius 3 is 2.61 bits per heavy atom. The van der Waals surface area contributed by atoms with Gasteiger partial charge in [0.05, 0.1) is 13.1 Å². The Bertz CT molecular complexity index is 1000. The maximum Gasteiger partial charge on any atom is 0.234 e. The molecule has 0 spiro atoms. The summed E-state index contributed by atoms with van der Waals surface area (Å²) in [7, 11) is 0. The zero-order valence-electron chi connectivity index (χ0n) is 18.1. The van der Waals surface area contributed by atoms with Crippen molar-refractivity contribution in [3.63, 3.8) is 0 Å². The standard InChI is InChI=1S/C24H30FN5O/c1-16-27-28-21-13-29(6-7-30(16)21)14-22(31)26-24-11-17-8-18(12-24)10-23(9-17,15-24)19-2-4-20(25)5-3-19/h2-5,17-18H,6-15H2,1H3,(H,26,31)/t17-,18+,23?,24?. The molecule has 7 rings (SSSR count). The van der Waals surface area contributed by atoms with Crippen molar-refractivity contribution in [1.29, 1.82) is 0 Å². The van der Waals surface area contributed by atoms with E-state index in [1.807, 2.05) is 19.1 Å². The van der Waals surface area contributed by atoms with Gasteiger partial charge in [0.1, 0.15) is 17.5 Å². The third-order valence-electron chi connectivity index (χ3n) is 8.31. The van der Waals surface area contributed by atoms with E-state index < -0.39 is 0 Å². The number of aromatic nitrogens is 3. The van der Waals surface area contributed by atoms with Crippen LogP contribution in [0.1, 0.15) is 55.7 Å². The molecule has 164 valence electrons. The quantitative estimate of drug-likeness (QED) is 0.821. The molecular weight excluding hydrogens is 393 g/mol.